The maximum Gasteiger partial charge on any atom is 0.227 e. The summed E-state index contributed by atoms with van der Waals surface area (Å²) in [5, 5.41) is 2.97. The molecule has 24 heavy (non-hydrogen) atoms. The SMILES string of the molecule is COc1ccccc1N1C[C@H](C(=O)NCCN(C)C2CC2)CC1=O. The van der Waals surface area contributed by atoms with E-state index >= 15 is 0 Å². The lowest BCUT2D eigenvalue weighted by Crippen LogP contribution is -2.38. The molecule has 2 aliphatic rings. The third kappa shape index (κ3) is 3.70. The molecule has 1 aliphatic heterocycles. The third-order valence-corrected chi connectivity index (χ3v) is 4.81. The molecule has 1 aromatic rings. The molecule has 2 fully saturated rings. The maximum atomic E-state index is 12.3. The second-order valence-electron chi connectivity index (χ2n) is 6.58. The Hall–Kier alpha value is -2.08. The molecule has 1 N–H and O–H groups in total. The Bertz CT molecular complexity index is 615. The predicted octanol–water partition coefficient (Wildman–Crippen LogP) is 1.26. The van der Waals surface area contributed by atoms with E-state index in [1.807, 2.05) is 24.3 Å². The van der Waals surface area contributed by atoms with Gasteiger partial charge in [-0.3, -0.25) is 9.59 Å². The first-order valence-electron chi connectivity index (χ1n) is 8.51. The van der Waals surface area contributed by atoms with E-state index in [9.17, 15) is 9.59 Å². The lowest BCUT2D eigenvalue weighted by atomic mass is 10.1. The Labute approximate surface area is 142 Å². The number of amides is 2. The molecule has 130 valence electrons. The van der Waals surface area contributed by atoms with Crippen LogP contribution in [0.25, 0.3) is 0 Å². The number of hydrogen-bond donors (Lipinski definition) is 1. The van der Waals surface area contributed by atoms with Gasteiger partial charge in [0.2, 0.25) is 11.8 Å². The van der Waals surface area contributed by atoms with Crippen molar-refractivity contribution < 1.29 is 14.3 Å². The van der Waals surface area contributed by atoms with Crippen LogP contribution in [-0.4, -0.2) is 56.5 Å². The highest BCUT2D eigenvalue weighted by Gasteiger charge is 2.36. The molecule has 1 aromatic carbocycles. The number of carbonyl (C=O) groups excluding carboxylic acids is 2. The van der Waals surface area contributed by atoms with Crippen molar-refractivity contribution in [3.63, 3.8) is 0 Å². The van der Waals surface area contributed by atoms with Gasteiger partial charge in [-0.1, -0.05) is 12.1 Å². The van der Waals surface area contributed by atoms with E-state index in [0.29, 0.717) is 24.9 Å². The van der Waals surface area contributed by atoms with Crippen molar-refractivity contribution >= 4 is 17.5 Å². The van der Waals surface area contributed by atoms with Crippen molar-refractivity contribution in [1.29, 1.82) is 0 Å². The Morgan fingerprint density at radius 3 is 2.83 bits per heavy atom. The molecule has 1 atom stereocenters. The molecule has 6 nitrogen and oxygen atoms in total. The highest BCUT2D eigenvalue weighted by Crippen LogP contribution is 2.32. The molecule has 1 saturated heterocycles. The zero-order valence-corrected chi connectivity index (χ0v) is 14.3. The highest BCUT2D eigenvalue weighted by atomic mass is 16.5. The van der Waals surface area contributed by atoms with Crippen LogP contribution in [0.4, 0.5) is 5.69 Å². The summed E-state index contributed by atoms with van der Waals surface area (Å²) in [7, 11) is 3.67. The average molecular weight is 331 g/mol. The first-order chi connectivity index (χ1) is 11.6. The topological polar surface area (TPSA) is 61.9 Å². The van der Waals surface area contributed by atoms with E-state index in [1.165, 1.54) is 12.8 Å². The number of rotatable bonds is 7. The lowest BCUT2D eigenvalue weighted by Gasteiger charge is -2.20. The Morgan fingerprint density at radius 1 is 1.38 bits per heavy atom. The average Bonchev–Trinajstić information content (AvgIpc) is 3.37. The van der Waals surface area contributed by atoms with E-state index in [1.54, 1.807) is 12.0 Å². The zero-order valence-electron chi connectivity index (χ0n) is 14.3. The fourth-order valence-corrected chi connectivity index (χ4v) is 3.17. The van der Waals surface area contributed by atoms with E-state index in [0.717, 1.165) is 12.2 Å². The first-order valence-corrected chi connectivity index (χ1v) is 8.51. The molecule has 1 heterocycles. The number of methoxy groups -OCH3 is 1. The largest absolute Gasteiger partial charge is 0.495 e. The minimum Gasteiger partial charge on any atom is -0.495 e. The molecule has 1 aliphatic carbocycles. The van der Waals surface area contributed by atoms with Crippen LogP contribution in [0.15, 0.2) is 24.3 Å². The van der Waals surface area contributed by atoms with Gasteiger partial charge in [0.25, 0.3) is 0 Å². The van der Waals surface area contributed by atoms with E-state index in [4.69, 9.17) is 4.74 Å². The molecule has 1 saturated carbocycles. The fourth-order valence-electron chi connectivity index (χ4n) is 3.17. The third-order valence-electron chi connectivity index (χ3n) is 4.81. The van der Waals surface area contributed by atoms with Crippen LogP contribution in [0.3, 0.4) is 0 Å². The van der Waals surface area contributed by atoms with Gasteiger partial charge in [-0.25, -0.2) is 0 Å². The van der Waals surface area contributed by atoms with Crippen LogP contribution in [-0.2, 0) is 9.59 Å². The number of carbonyl (C=O) groups is 2. The summed E-state index contributed by atoms with van der Waals surface area (Å²) in [5.41, 5.74) is 0.730. The summed E-state index contributed by atoms with van der Waals surface area (Å²) < 4.78 is 5.32. The van der Waals surface area contributed by atoms with Crippen LogP contribution in [0, 0.1) is 5.92 Å². The number of anilines is 1. The number of nitrogens with one attached hydrogen (secondary N) is 1. The van der Waals surface area contributed by atoms with Crippen LogP contribution in [0.1, 0.15) is 19.3 Å². The van der Waals surface area contributed by atoms with Gasteiger partial charge in [0, 0.05) is 32.1 Å². The van der Waals surface area contributed by atoms with E-state index in [-0.39, 0.29) is 24.2 Å². The van der Waals surface area contributed by atoms with E-state index in [2.05, 4.69) is 17.3 Å². The monoisotopic (exact) mass is 331 g/mol. The van der Waals surface area contributed by atoms with Gasteiger partial charge < -0.3 is 19.9 Å². The van der Waals surface area contributed by atoms with Crippen molar-refractivity contribution in [3.8, 4) is 5.75 Å². The van der Waals surface area contributed by atoms with Gasteiger partial charge in [0.1, 0.15) is 5.75 Å². The van der Waals surface area contributed by atoms with Crippen LogP contribution in [0.2, 0.25) is 0 Å². The second kappa shape index (κ2) is 7.21. The van der Waals surface area contributed by atoms with Gasteiger partial charge in [0.15, 0.2) is 0 Å². The summed E-state index contributed by atoms with van der Waals surface area (Å²) >= 11 is 0. The first kappa shape index (κ1) is 16.8. The molecular formula is C18H25N3O3. The molecule has 0 spiro atoms. The van der Waals surface area contributed by atoms with E-state index < -0.39 is 0 Å². The number of nitrogens with zero attached hydrogens (tertiary/aromatic N) is 2. The summed E-state index contributed by atoms with van der Waals surface area (Å²) in [4.78, 5) is 28.6. The molecule has 0 unspecified atom stereocenters. The highest BCUT2D eigenvalue weighted by molar-refractivity contribution is 6.01. The minimum atomic E-state index is -0.298. The summed E-state index contributed by atoms with van der Waals surface area (Å²) in [6.07, 6.45) is 2.77. The van der Waals surface area contributed by atoms with Crippen molar-refractivity contribution in [1.82, 2.24) is 10.2 Å². The molecular weight excluding hydrogens is 306 g/mol. The summed E-state index contributed by atoms with van der Waals surface area (Å²) in [5.74, 6) is 0.284. The molecule has 3 rings (SSSR count). The fraction of sp³-hybridized carbons (Fsp3) is 0.556. The Kier molecular flexibility index (Phi) is 5.04. The number of para-hydroxylation sites is 2. The van der Waals surface area contributed by atoms with Gasteiger partial charge in [-0.05, 0) is 32.0 Å². The number of hydrogen-bond acceptors (Lipinski definition) is 4. The van der Waals surface area contributed by atoms with Crippen molar-refractivity contribution in [2.24, 2.45) is 5.92 Å². The van der Waals surface area contributed by atoms with Gasteiger partial charge in [-0.2, -0.15) is 0 Å². The van der Waals surface area contributed by atoms with Crippen molar-refractivity contribution in [2.45, 2.75) is 25.3 Å². The Balaban J connectivity index is 1.54. The molecule has 6 heteroatoms. The van der Waals surface area contributed by atoms with Crippen molar-refractivity contribution in [3.05, 3.63) is 24.3 Å². The standard InChI is InChI=1S/C18H25N3O3/c1-20(14-7-8-14)10-9-19-18(23)13-11-17(22)21(12-13)15-5-3-4-6-16(15)24-2/h3-6,13-14H,7-12H2,1-2H3,(H,19,23)/t13-/m1/s1. The number of ether oxygens (including phenoxy) is 1. The van der Waals surface area contributed by atoms with Crippen molar-refractivity contribution in [2.75, 3.05) is 38.7 Å². The lowest BCUT2D eigenvalue weighted by molar-refractivity contribution is -0.126. The normalized spacial score (nSPS) is 20.5. The number of benzene rings is 1. The molecule has 0 radical (unpaired) electrons. The summed E-state index contributed by atoms with van der Waals surface area (Å²) in [6, 6.07) is 8.09. The summed E-state index contributed by atoms with van der Waals surface area (Å²) in [6.45, 7) is 1.89. The van der Waals surface area contributed by atoms with Crippen LogP contribution >= 0.6 is 0 Å². The quantitative estimate of drug-likeness (QED) is 0.817. The predicted molar refractivity (Wildman–Crippen MR) is 92.1 cm³/mol. The van der Waals surface area contributed by atoms with Gasteiger partial charge in [-0.15, -0.1) is 0 Å². The van der Waals surface area contributed by atoms with Gasteiger partial charge >= 0.3 is 0 Å². The second-order valence-corrected chi connectivity index (χ2v) is 6.58. The van der Waals surface area contributed by atoms with Crippen LogP contribution in [0.5, 0.6) is 5.75 Å². The molecule has 0 aromatic heterocycles. The minimum absolute atomic E-state index is 0.0326. The van der Waals surface area contributed by atoms with Crippen LogP contribution < -0.4 is 15.0 Å². The molecule has 2 amide bonds. The Morgan fingerprint density at radius 2 is 2.12 bits per heavy atom. The smallest absolute Gasteiger partial charge is 0.227 e. The maximum absolute atomic E-state index is 12.3. The van der Waals surface area contributed by atoms with Gasteiger partial charge in [0.05, 0.1) is 18.7 Å². The number of likely N-dealkylation sites (N-methyl/N-ethyl adjacent to an activating group) is 1. The zero-order chi connectivity index (χ0) is 17.1. The molecule has 0 bridgehead atoms.